The molecule has 1 aromatic rings. The fourth-order valence-electron chi connectivity index (χ4n) is 1.06. The summed E-state index contributed by atoms with van der Waals surface area (Å²) >= 11 is 0. The summed E-state index contributed by atoms with van der Waals surface area (Å²) in [6, 6.07) is 0. The van der Waals surface area contributed by atoms with Crippen LogP contribution in [0, 0.1) is 0 Å². The number of nitrogens with zero attached hydrogens (tertiary/aromatic N) is 2. The average molecular weight is 153 g/mol. The van der Waals surface area contributed by atoms with Crippen molar-refractivity contribution in [3.63, 3.8) is 0 Å². The van der Waals surface area contributed by atoms with E-state index in [-0.39, 0.29) is 0 Å². The molecule has 0 saturated heterocycles. The first-order valence-corrected chi connectivity index (χ1v) is 4.07. The van der Waals surface area contributed by atoms with Crippen LogP contribution in [0.3, 0.4) is 0 Å². The molecule has 3 nitrogen and oxygen atoms in total. The Labute approximate surface area is 67.2 Å². The van der Waals surface area contributed by atoms with E-state index in [1.54, 1.807) is 0 Å². The van der Waals surface area contributed by atoms with Crippen LogP contribution in [0.1, 0.15) is 19.0 Å². The van der Waals surface area contributed by atoms with Crippen molar-refractivity contribution in [2.45, 2.75) is 26.3 Å². The Kier molecular flexibility index (Phi) is 3.11. The highest BCUT2D eigenvalue weighted by molar-refractivity contribution is 4.96. The van der Waals surface area contributed by atoms with Crippen molar-refractivity contribution in [1.82, 2.24) is 9.55 Å². The molecule has 0 amide bonds. The van der Waals surface area contributed by atoms with Crippen LogP contribution < -0.4 is 5.73 Å². The molecule has 0 saturated carbocycles. The summed E-state index contributed by atoms with van der Waals surface area (Å²) in [5.74, 6) is 0. The predicted molar refractivity (Wildman–Crippen MR) is 45.3 cm³/mol. The number of hydrogen-bond donors (Lipinski definition) is 1. The van der Waals surface area contributed by atoms with E-state index >= 15 is 0 Å². The maximum Gasteiger partial charge on any atom is 0.0949 e. The Morgan fingerprint density at radius 3 is 3.09 bits per heavy atom. The molecule has 11 heavy (non-hydrogen) atoms. The predicted octanol–water partition coefficient (Wildman–Crippen LogP) is 0.794. The number of rotatable bonds is 4. The number of hydrogen-bond acceptors (Lipinski definition) is 2. The lowest BCUT2D eigenvalue weighted by Crippen LogP contribution is -2.02. The minimum absolute atomic E-state index is 0.684. The SMILES string of the molecule is CCCn1cnc(CCN)c1. The molecule has 3 heteroatoms. The minimum atomic E-state index is 0.684. The molecule has 0 aliphatic heterocycles. The average Bonchev–Trinajstić information content (AvgIpc) is 2.38. The van der Waals surface area contributed by atoms with Crippen molar-refractivity contribution in [3.05, 3.63) is 18.2 Å². The fraction of sp³-hybridized carbons (Fsp3) is 0.625. The van der Waals surface area contributed by atoms with Gasteiger partial charge >= 0.3 is 0 Å². The Morgan fingerprint density at radius 1 is 1.64 bits per heavy atom. The number of aromatic nitrogens is 2. The molecule has 2 N–H and O–H groups in total. The van der Waals surface area contributed by atoms with E-state index in [1.807, 2.05) is 6.33 Å². The van der Waals surface area contributed by atoms with Crippen molar-refractivity contribution in [1.29, 1.82) is 0 Å². The molecule has 1 rings (SSSR count). The van der Waals surface area contributed by atoms with Gasteiger partial charge in [-0.3, -0.25) is 0 Å². The van der Waals surface area contributed by atoms with E-state index in [1.165, 1.54) is 0 Å². The Balaban J connectivity index is 2.51. The van der Waals surface area contributed by atoms with Gasteiger partial charge in [-0.2, -0.15) is 0 Å². The molecule has 1 aromatic heterocycles. The molecule has 0 bridgehead atoms. The van der Waals surface area contributed by atoms with Gasteiger partial charge in [-0.25, -0.2) is 4.98 Å². The van der Waals surface area contributed by atoms with Gasteiger partial charge in [-0.15, -0.1) is 0 Å². The first kappa shape index (κ1) is 8.27. The molecular weight excluding hydrogens is 138 g/mol. The first-order valence-electron chi connectivity index (χ1n) is 4.07. The van der Waals surface area contributed by atoms with Gasteiger partial charge in [0.15, 0.2) is 0 Å². The van der Waals surface area contributed by atoms with E-state index in [0.717, 1.165) is 25.1 Å². The summed E-state index contributed by atoms with van der Waals surface area (Å²) in [7, 11) is 0. The van der Waals surface area contributed by atoms with Gasteiger partial charge in [0.05, 0.1) is 12.0 Å². The Hall–Kier alpha value is -0.830. The van der Waals surface area contributed by atoms with E-state index in [4.69, 9.17) is 5.73 Å². The third kappa shape index (κ3) is 2.35. The van der Waals surface area contributed by atoms with Crippen molar-refractivity contribution >= 4 is 0 Å². The lowest BCUT2D eigenvalue weighted by Gasteiger charge is -1.94. The molecule has 62 valence electrons. The summed E-state index contributed by atoms with van der Waals surface area (Å²) in [4.78, 5) is 4.21. The summed E-state index contributed by atoms with van der Waals surface area (Å²) < 4.78 is 2.10. The van der Waals surface area contributed by atoms with Crippen molar-refractivity contribution in [3.8, 4) is 0 Å². The highest BCUT2D eigenvalue weighted by atomic mass is 15.0. The van der Waals surface area contributed by atoms with Crippen LogP contribution in [0.4, 0.5) is 0 Å². The number of imidazole rings is 1. The maximum atomic E-state index is 5.39. The Bertz CT molecular complexity index is 184. The topological polar surface area (TPSA) is 43.8 Å². The van der Waals surface area contributed by atoms with Crippen LogP contribution in [0.15, 0.2) is 12.5 Å². The molecule has 1 heterocycles. The second-order valence-corrected chi connectivity index (χ2v) is 2.64. The number of nitrogens with two attached hydrogens (primary N) is 1. The van der Waals surface area contributed by atoms with Gasteiger partial charge in [-0.05, 0) is 13.0 Å². The van der Waals surface area contributed by atoms with Gasteiger partial charge in [0, 0.05) is 19.2 Å². The molecule has 0 spiro atoms. The van der Waals surface area contributed by atoms with Crippen LogP contribution in [-0.4, -0.2) is 16.1 Å². The van der Waals surface area contributed by atoms with Gasteiger partial charge in [0.1, 0.15) is 0 Å². The van der Waals surface area contributed by atoms with Crippen LogP contribution in [0.2, 0.25) is 0 Å². The first-order chi connectivity index (χ1) is 5.36. The van der Waals surface area contributed by atoms with E-state index in [9.17, 15) is 0 Å². The second kappa shape index (κ2) is 4.13. The van der Waals surface area contributed by atoms with E-state index in [2.05, 4.69) is 22.7 Å². The summed E-state index contributed by atoms with van der Waals surface area (Å²) in [6.07, 6.45) is 5.97. The Morgan fingerprint density at radius 2 is 2.45 bits per heavy atom. The van der Waals surface area contributed by atoms with Crippen molar-refractivity contribution in [2.24, 2.45) is 5.73 Å². The van der Waals surface area contributed by atoms with Gasteiger partial charge in [-0.1, -0.05) is 6.92 Å². The molecule has 0 aliphatic rings. The quantitative estimate of drug-likeness (QED) is 0.695. The smallest absolute Gasteiger partial charge is 0.0949 e. The fourth-order valence-corrected chi connectivity index (χ4v) is 1.06. The summed E-state index contributed by atoms with van der Waals surface area (Å²) in [5, 5.41) is 0. The standard InChI is InChI=1S/C8H15N3/c1-2-5-11-6-8(3-4-9)10-7-11/h6-7H,2-5,9H2,1H3. The normalized spacial score (nSPS) is 10.4. The largest absolute Gasteiger partial charge is 0.337 e. The summed E-state index contributed by atoms with van der Waals surface area (Å²) in [5.41, 5.74) is 6.49. The van der Waals surface area contributed by atoms with Gasteiger partial charge in [0.2, 0.25) is 0 Å². The third-order valence-corrected chi connectivity index (χ3v) is 1.57. The molecule has 0 radical (unpaired) electrons. The van der Waals surface area contributed by atoms with E-state index in [0.29, 0.717) is 6.54 Å². The van der Waals surface area contributed by atoms with Gasteiger partial charge in [0.25, 0.3) is 0 Å². The summed E-state index contributed by atoms with van der Waals surface area (Å²) in [6.45, 7) is 3.89. The lowest BCUT2D eigenvalue weighted by molar-refractivity contribution is 0.677. The highest BCUT2D eigenvalue weighted by Crippen LogP contribution is 1.97. The third-order valence-electron chi connectivity index (χ3n) is 1.57. The van der Waals surface area contributed by atoms with Gasteiger partial charge < -0.3 is 10.3 Å². The minimum Gasteiger partial charge on any atom is -0.337 e. The van der Waals surface area contributed by atoms with Crippen LogP contribution in [-0.2, 0) is 13.0 Å². The molecule has 0 aromatic carbocycles. The van der Waals surface area contributed by atoms with Crippen LogP contribution >= 0.6 is 0 Å². The molecule has 0 unspecified atom stereocenters. The highest BCUT2D eigenvalue weighted by Gasteiger charge is 1.95. The molecule has 0 fully saturated rings. The zero-order valence-corrected chi connectivity index (χ0v) is 6.95. The monoisotopic (exact) mass is 153 g/mol. The molecule has 0 aliphatic carbocycles. The second-order valence-electron chi connectivity index (χ2n) is 2.64. The van der Waals surface area contributed by atoms with Crippen molar-refractivity contribution in [2.75, 3.05) is 6.54 Å². The zero-order valence-electron chi connectivity index (χ0n) is 6.95. The number of aryl methyl sites for hydroxylation is 1. The zero-order chi connectivity index (χ0) is 8.10. The van der Waals surface area contributed by atoms with Crippen LogP contribution in [0.5, 0.6) is 0 Å². The van der Waals surface area contributed by atoms with Crippen LogP contribution in [0.25, 0.3) is 0 Å². The molecule has 0 atom stereocenters. The van der Waals surface area contributed by atoms with Crippen molar-refractivity contribution < 1.29 is 0 Å². The van der Waals surface area contributed by atoms with E-state index < -0.39 is 0 Å². The maximum absolute atomic E-state index is 5.39. The lowest BCUT2D eigenvalue weighted by atomic mass is 10.3. The molecular formula is C8H15N3.